The Kier molecular flexibility index (Phi) is 3.96. The van der Waals surface area contributed by atoms with Crippen molar-refractivity contribution in [1.29, 1.82) is 0 Å². The van der Waals surface area contributed by atoms with E-state index in [0.29, 0.717) is 0 Å². The Morgan fingerprint density at radius 3 is 2.64 bits per heavy atom. The molecular formula is C17H19N5. The van der Waals surface area contributed by atoms with E-state index < -0.39 is 0 Å². The maximum atomic E-state index is 4.71. The number of hydrogen-bond donors (Lipinski definition) is 0. The lowest BCUT2D eigenvalue weighted by Crippen LogP contribution is -2.03. The predicted molar refractivity (Wildman–Crippen MR) is 85.4 cm³/mol. The molecule has 0 aliphatic heterocycles. The number of hydrogen-bond acceptors (Lipinski definition) is 4. The van der Waals surface area contributed by atoms with Crippen LogP contribution in [0, 0.1) is 13.8 Å². The molecule has 0 unspecified atom stereocenters. The van der Waals surface area contributed by atoms with Gasteiger partial charge < -0.3 is 4.57 Å². The second-order valence-electron chi connectivity index (χ2n) is 5.43. The fraction of sp³-hybridized carbons (Fsp3) is 0.294. The van der Waals surface area contributed by atoms with Crippen LogP contribution < -0.4 is 0 Å². The molecule has 0 aliphatic rings. The van der Waals surface area contributed by atoms with E-state index in [4.69, 9.17) is 4.98 Å². The molecule has 0 radical (unpaired) electrons. The van der Waals surface area contributed by atoms with Gasteiger partial charge in [0.1, 0.15) is 5.82 Å². The third-order valence-electron chi connectivity index (χ3n) is 3.78. The zero-order valence-corrected chi connectivity index (χ0v) is 13.1. The average Bonchev–Trinajstić information content (AvgIpc) is 2.90. The van der Waals surface area contributed by atoms with Crippen molar-refractivity contribution >= 4 is 0 Å². The summed E-state index contributed by atoms with van der Waals surface area (Å²) in [6.45, 7) is 3.97. The molecule has 3 aromatic rings. The molecule has 0 amide bonds. The standard InChI is InChI=1S/C17H19N5/c1-12-13(2)20-15(10-19-12)6-7-17-21-16(11-22(17)3)14-5-4-8-18-9-14/h4-5,8-11H,6-7H2,1-3H3. The lowest BCUT2D eigenvalue weighted by atomic mass is 10.2. The monoisotopic (exact) mass is 293 g/mol. The van der Waals surface area contributed by atoms with Gasteiger partial charge in [-0.1, -0.05) is 0 Å². The number of aryl methyl sites for hydroxylation is 5. The molecule has 0 saturated heterocycles. The lowest BCUT2D eigenvalue weighted by Gasteiger charge is -2.04. The molecule has 0 aromatic carbocycles. The molecule has 0 fully saturated rings. The van der Waals surface area contributed by atoms with Crippen LogP contribution in [-0.2, 0) is 19.9 Å². The summed E-state index contributed by atoms with van der Waals surface area (Å²) in [4.78, 5) is 17.8. The van der Waals surface area contributed by atoms with Crippen LogP contribution in [0.15, 0.2) is 36.9 Å². The third-order valence-corrected chi connectivity index (χ3v) is 3.78. The normalized spacial score (nSPS) is 10.9. The van der Waals surface area contributed by atoms with Gasteiger partial charge in [0.2, 0.25) is 0 Å². The van der Waals surface area contributed by atoms with Gasteiger partial charge >= 0.3 is 0 Å². The molecular weight excluding hydrogens is 274 g/mol. The molecule has 3 heterocycles. The van der Waals surface area contributed by atoms with Crippen LogP contribution in [0.4, 0.5) is 0 Å². The SMILES string of the molecule is Cc1ncc(CCc2nc(-c3cccnc3)cn2C)nc1C. The largest absolute Gasteiger partial charge is 0.337 e. The highest BCUT2D eigenvalue weighted by molar-refractivity contribution is 5.56. The zero-order chi connectivity index (χ0) is 15.5. The van der Waals surface area contributed by atoms with Crippen molar-refractivity contribution in [2.75, 3.05) is 0 Å². The quantitative estimate of drug-likeness (QED) is 0.742. The molecule has 5 nitrogen and oxygen atoms in total. The zero-order valence-electron chi connectivity index (χ0n) is 13.1. The Morgan fingerprint density at radius 2 is 1.91 bits per heavy atom. The summed E-state index contributed by atoms with van der Waals surface area (Å²) in [5.41, 5.74) is 4.98. The van der Waals surface area contributed by atoms with Crippen molar-refractivity contribution in [1.82, 2.24) is 24.5 Å². The Balaban J connectivity index is 1.76. The highest BCUT2D eigenvalue weighted by Gasteiger charge is 2.08. The number of pyridine rings is 1. The molecule has 0 aliphatic carbocycles. The first-order valence-corrected chi connectivity index (χ1v) is 7.35. The molecule has 112 valence electrons. The highest BCUT2D eigenvalue weighted by Crippen LogP contribution is 2.17. The summed E-state index contributed by atoms with van der Waals surface area (Å²) in [6.07, 6.45) is 9.18. The van der Waals surface area contributed by atoms with Gasteiger partial charge in [0.05, 0.1) is 22.8 Å². The fourth-order valence-corrected chi connectivity index (χ4v) is 2.34. The molecule has 0 saturated carbocycles. The molecule has 22 heavy (non-hydrogen) atoms. The van der Waals surface area contributed by atoms with Gasteiger partial charge in [-0.3, -0.25) is 15.0 Å². The molecule has 3 rings (SSSR count). The summed E-state index contributed by atoms with van der Waals surface area (Å²) < 4.78 is 2.07. The van der Waals surface area contributed by atoms with Gasteiger partial charge in [-0.2, -0.15) is 0 Å². The first-order valence-electron chi connectivity index (χ1n) is 7.35. The Hall–Kier alpha value is -2.56. The summed E-state index contributed by atoms with van der Waals surface area (Å²) in [6, 6.07) is 3.95. The fourth-order valence-electron chi connectivity index (χ4n) is 2.34. The van der Waals surface area contributed by atoms with Crippen LogP contribution >= 0.6 is 0 Å². The van der Waals surface area contributed by atoms with E-state index in [1.54, 1.807) is 6.20 Å². The minimum absolute atomic E-state index is 0.839. The van der Waals surface area contributed by atoms with E-state index in [-0.39, 0.29) is 0 Å². The second-order valence-corrected chi connectivity index (χ2v) is 5.43. The van der Waals surface area contributed by atoms with Crippen molar-refractivity contribution in [3.05, 3.63) is 59.8 Å². The number of rotatable bonds is 4. The summed E-state index contributed by atoms with van der Waals surface area (Å²) in [7, 11) is 2.02. The van der Waals surface area contributed by atoms with Gasteiger partial charge in [-0.15, -0.1) is 0 Å². The lowest BCUT2D eigenvalue weighted by molar-refractivity contribution is 0.756. The molecule has 0 bridgehead atoms. The van der Waals surface area contributed by atoms with E-state index in [9.17, 15) is 0 Å². The highest BCUT2D eigenvalue weighted by atomic mass is 15.0. The Morgan fingerprint density at radius 1 is 1.05 bits per heavy atom. The van der Waals surface area contributed by atoms with Crippen LogP contribution in [0.5, 0.6) is 0 Å². The second kappa shape index (κ2) is 6.05. The van der Waals surface area contributed by atoms with Crippen molar-refractivity contribution < 1.29 is 0 Å². The van der Waals surface area contributed by atoms with Gasteiger partial charge in [0.15, 0.2) is 0 Å². The molecule has 0 N–H and O–H groups in total. The first kappa shape index (κ1) is 14.4. The minimum Gasteiger partial charge on any atom is -0.337 e. The summed E-state index contributed by atoms with van der Waals surface area (Å²) in [5.74, 6) is 1.04. The number of nitrogens with zero attached hydrogens (tertiary/aromatic N) is 5. The van der Waals surface area contributed by atoms with E-state index in [1.165, 1.54) is 0 Å². The third kappa shape index (κ3) is 3.03. The number of aromatic nitrogens is 5. The molecule has 3 aromatic heterocycles. The first-order chi connectivity index (χ1) is 10.6. The van der Waals surface area contributed by atoms with Crippen LogP contribution in [0.3, 0.4) is 0 Å². The van der Waals surface area contributed by atoms with Gasteiger partial charge in [0, 0.05) is 43.8 Å². The summed E-state index contributed by atoms with van der Waals surface area (Å²) >= 11 is 0. The van der Waals surface area contributed by atoms with E-state index >= 15 is 0 Å². The van der Waals surface area contributed by atoms with Gasteiger partial charge in [0.25, 0.3) is 0 Å². The van der Waals surface area contributed by atoms with Gasteiger partial charge in [-0.25, -0.2) is 4.98 Å². The molecule has 0 atom stereocenters. The minimum atomic E-state index is 0.839. The van der Waals surface area contributed by atoms with Crippen molar-refractivity contribution in [3.63, 3.8) is 0 Å². The Bertz CT molecular complexity index is 777. The van der Waals surface area contributed by atoms with Crippen molar-refractivity contribution in [3.8, 4) is 11.3 Å². The van der Waals surface area contributed by atoms with E-state index in [2.05, 4.69) is 19.5 Å². The maximum absolute atomic E-state index is 4.71. The predicted octanol–water partition coefficient (Wildman–Crippen LogP) is 2.67. The topological polar surface area (TPSA) is 56.5 Å². The van der Waals surface area contributed by atoms with Crippen LogP contribution in [0.25, 0.3) is 11.3 Å². The Labute approximate surface area is 130 Å². The summed E-state index contributed by atoms with van der Waals surface area (Å²) in [5, 5.41) is 0. The number of imidazole rings is 1. The van der Waals surface area contributed by atoms with E-state index in [0.717, 1.165) is 47.0 Å². The van der Waals surface area contributed by atoms with Gasteiger partial charge in [-0.05, 0) is 32.4 Å². The average molecular weight is 293 g/mol. The molecule has 5 heteroatoms. The van der Waals surface area contributed by atoms with E-state index in [1.807, 2.05) is 51.6 Å². The van der Waals surface area contributed by atoms with Crippen LogP contribution in [0.2, 0.25) is 0 Å². The smallest absolute Gasteiger partial charge is 0.109 e. The van der Waals surface area contributed by atoms with Crippen molar-refractivity contribution in [2.45, 2.75) is 26.7 Å². The van der Waals surface area contributed by atoms with Crippen LogP contribution in [0.1, 0.15) is 22.9 Å². The maximum Gasteiger partial charge on any atom is 0.109 e. The van der Waals surface area contributed by atoms with Crippen LogP contribution in [-0.4, -0.2) is 24.5 Å². The molecule has 0 spiro atoms. The van der Waals surface area contributed by atoms with Crippen molar-refractivity contribution in [2.24, 2.45) is 7.05 Å².